The van der Waals surface area contributed by atoms with Gasteiger partial charge in [-0.15, -0.1) is 0 Å². The topological polar surface area (TPSA) is 55.8 Å². The lowest BCUT2D eigenvalue weighted by Gasteiger charge is -2.46. The van der Waals surface area contributed by atoms with E-state index in [1.54, 1.807) is 13.0 Å². The summed E-state index contributed by atoms with van der Waals surface area (Å²) in [4.78, 5) is 16.7. The van der Waals surface area contributed by atoms with Crippen LogP contribution in [0.5, 0.6) is 0 Å². The van der Waals surface area contributed by atoms with E-state index >= 15 is 0 Å². The van der Waals surface area contributed by atoms with Gasteiger partial charge in [-0.1, -0.05) is 37.3 Å². The molecule has 6 heteroatoms. The lowest BCUT2D eigenvalue weighted by atomic mass is 9.74. The number of nitrogens with one attached hydrogen (secondary N) is 1. The highest BCUT2D eigenvalue weighted by Crippen LogP contribution is 2.47. The standard InChI is InChI=1S/C27H36FN3O2/c1-4-30(13-11-20-7-5-6-8-23(20)28)14-12-21-16-31(19(3)33)25(17-32)27-26(21)22-10-9-18(2)15-24(22)29-27/h5-10,15,21,25-27,29,32H,4,11-14,16-17H2,1-3H3. The fraction of sp³-hybridized carbons (Fsp3) is 0.519. The number of fused-ring (bicyclic) bond motifs is 3. The monoisotopic (exact) mass is 453 g/mol. The Kier molecular flexibility index (Phi) is 7.35. The minimum atomic E-state index is -0.222. The van der Waals surface area contributed by atoms with Gasteiger partial charge in [-0.2, -0.15) is 0 Å². The number of aliphatic hydroxyl groups excluding tert-OH is 1. The number of aliphatic hydroxyl groups is 1. The molecule has 4 unspecified atom stereocenters. The first-order valence-electron chi connectivity index (χ1n) is 12.1. The summed E-state index contributed by atoms with van der Waals surface area (Å²) < 4.78 is 14.0. The highest BCUT2D eigenvalue weighted by molar-refractivity contribution is 5.75. The Morgan fingerprint density at radius 1 is 1.24 bits per heavy atom. The van der Waals surface area contributed by atoms with Crippen molar-refractivity contribution in [3.63, 3.8) is 0 Å². The SMILES string of the molecule is CCN(CCc1ccccc1F)CCC1CN(C(C)=O)C(CO)C2Nc3cc(C)ccc3C12. The summed E-state index contributed by atoms with van der Waals surface area (Å²) in [5.74, 6) is 0.428. The maximum atomic E-state index is 14.0. The molecule has 2 aromatic rings. The maximum Gasteiger partial charge on any atom is 0.219 e. The maximum absolute atomic E-state index is 14.0. The first-order chi connectivity index (χ1) is 15.9. The molecule has 1 saturated heterocycles. The number of carbonyl (C=O) groups is 1. The molecule has 1 fully saturated rings. The average molecular weight is 454 g/mol. The summed E-state index contributed by atoms with van der Waals surface area (Å²) in [6, 6.07) is 13.3. The second kappa shape index (κ2) is 10.2. The van der Waals surface area contributed by atoms with E-state index < -0.39 is 0 Å². The third kappa shape index (κ3) is 4.92. The van der Waals surface area contributed by atoms with E-state index in [4.69, 9.17) is 0 Å². The lowest BCUT2D eigenvalue weighted by molar-refractivity contribution is -0.135. The summed E-state index contributed by atoms with van der Waals surface area (Å²) in [7, 11) is 0. The molecule has 4 atom stereocenters. The minimum Gasteiger partial charge on any atom is -0.394 e. The Hall–Kier alpha value is -2.44. The van der Waals surface area contributed by atoms with Crippen LogP contribution in [0.4, 0.5) is 10.1 Å². The van der Waals surface area contributed by atoms with Crippen molar-refractivity contribution in [3.05, 3.63) is 65.0 Å². The van der Waals surface area contributed by atoms with Crippen LogP contribution in [0, 0.1) is 18.7 Å². The van der Waals surface area contributed by atoms with Crippen LogP contribution in [0.25, 0.3) is 0 Å². The molecule has 178 valence electrons. The summed E-state index contributed by atoms with van der Waals surface area (Å²) in [5.41, 5.74) is 4.38. The van der Waals surface area contributed by atoms with Gasteiger partial charge in [-0.25, -0.2) is 4.39 Å². The molecular weight excluding hydrogens is 417 g/mol. The molecule has 2 aromatic carbocycles. The Balaban J connectivity index is 1.50. The second-order valence-corrected chi connectivity index (χ2v) is 9.53. The van der Waals surface area contributed by atoms with Crippen LogP contribution in [0.1, 0.15) is 42.9 Å². The summed E-state index contributed by atoms with van der Waals surface area (Å²) in [6.45, 7) is 9.04. The molecular formula is C27H36FN3O2. The first-order valence-corrected chi connectivity index (χ1v) is 12.1. The number of likely N-dealkylation sites (N-methyl/N-ethyl adjacent to an activating group) is 1. The summed E-state index contributed by atoms with van der Waals surface area (Å²) in [6.07, 6.45) is 1.64. The third-order valence-electron chi connectivity index (χ3n) is 7.54. The molecule has 0 spiro atoms. The van der Waals surface area contributed by atoms with E-state index in [0.29, 0.717) is 18.9 Å². The van der Waals surface area contributed by atoms with Crippen molar-refractivity contribution in [2.24, 2.45) is 5.92 Å². The molecule has 0 radical (unpaired) electrons. The van der Waals surface area contributed by atoms with Gasteiger partial charge in [0, 0.05) is 31.6 Å². The zero-order chi connectivity index (χ0) is 23.5. The zero-order valence-corrected chi connectivity index (χ0v) is 19.9. The first kappa shape index (κ1) is 23.7. The molecule has 1 amide bonds. The molecule has 33 heavy (non-hydrogen) atoms. The highest BCUT2D eigenvalue weighted by Gasteiger charge is 2.48. The molecule has 2 heterocycles. The number of rotatable bonds is 8. The fourth-order valence-electron chi connectivity index (χ4n) is 5.73. The molecule has 5 nitrogen and oxygen atoms in total. The number of nitrogens with zero attached hydrogens (tertiary/aromatic N) is 2. The van der Waals surface area contributed by atoms with Gasteiger partial charge in [0.2, 0.25) is 5.91 Å². The number of likely N-dealkylation sites (tertiary alicyclic amines) is 1. The Morgan fingerprint density at radius 2 is 2.03 bits per heavy atom. The van der Waals surface area contributed by atoms with E-state index in [1.807, 2.05) is 17.0 Å². The van der Waals surface area contributed by atoms with E-state index in [1.165, 1.54) is 17.2 Å². The number of aryl methyl sites for hydroxylation is 1. The van der Waals surface area contributed by atoms with E-state index in [-0.39, 0.29) is 36.3 Å². The largest absolute Gasteiger partial charge is 0.394 e. The molecule has 4 rings (SSSR count). The smallest absolute Gasteiger partial charge is 0.219 e. The van der Waals surface area contributed by atoms with Crippen molar-refractivity contribution >= 4 is 11.6 Å². The lowest BCUT2D eigenvalue weighted by Crippen LogP contribution is -2.59. The van der Waals surface area contributed by atoms with Crippen LogP contribution < -0.4 is 5.32 Å². The predicted octanol–water partition coefficient (Wildman–Crippen LogP) is 3.81. The third-order valence-corrected chi connectivity index (χ3v) is 7.54. The number of benzene rings is 2. The predicted molar refractivity (Wildman–Crippen MR) is 130 cm³/mol. The Labute approximate surface area is 196 Å². The van der Waals surface area contributed by atoms with Gasteiger partial charge in [0.25, 0.3) is 0 Å². The van der Waals surface area contributed by atoms with Gasteiger partial charge in [0.1, 0.15) is 5.82 Å². The van der Waals surface area contributed by atoms with Crippen LogP contribution in [0.2, 0.25) is 0 Å². The van der Waals surface area contributed by atoms with Crippen molar-refractivity contribution in [1.29, 1.82) is 0 Å². The van der Waals surface area contributed by atoms with E-state index in [9.17, 15) is 14.3 Å². The van der Waals surface area contributed by atoms with Crippen molar-refractivity contribution < 1.29 is 14.3 Å². The van der Waals surface area contributed by atoms with Crippen molar-refractivity contribution in [1.82, 2.24) is 9.80 Å². The van der Waals surface area contributed by atoms with Crippen LogP contribution in [-0.4, -0.2) is 65.7 Å². The molecule has 0 saturated carbocycles. The number of hydrogen-bond acceptors (Lipinski definition) is 4. The quantitative estimate of drug-likeness (QED) is 0.638. The van der Waals surface area contributed by atoms with Gasteiger partial charge in [0.15, 0.2) is 0 Å². The van der Waals surface area contributed by atoms with Crippen LogP contribution in [-0.2, 0) is 11.2 Å². The van der Waals surface area contributed by atoms with Crippen molar-refractivity contribution in [2.45, 2.75) is 51.6 Å². The normalized spacial score (nSPS) is 23.9. The van der Waals surface area contributed by atoms with Crippen molar-refractivity contribution in [3.8, 4) is 0 Å². The number of piperidine rings is 1. The second-order valence-electron chi connectivity index (χ2n) is 9.53. The minimum absolute atomic E-state index is 0.0123. The van der Waals surface area contributed by atoms with Gasteiger partial charge in [0.05, 0.1) is 18.7 Å². The van der Waals surface area contributed by atoms with Gasteiger partial charge in [-0.05, 0) is 67.6 Å². The molecule has 0 aliphatic carbocycles. The highest BCUT2D eigenvalue weighted by atomic mass is 19.1. The number of carbonyl (C=O) groups excluding carboxylic acids is 1. The van der Waals surface area contributed by atoms with Gasteiger partial charge in [-0.3, -0.25) is 4.79 Å². The number of hydrogen-bond donors (Lipinski definition) is 2. The Bertz CT molecular complexity index is 982. The number of amides is 1. The fourth-order valence-corrected chi connectivity index (χ4v) is 5.73. The molecule has 2 aliphatic rings. The number of anilines is 1. The summed E-state index contributed by atoms with van der Waals surface area (Å²) in [5, 5.41) is 13.8. The van der Waals surface area contributed by atoms with Crippen molar-refractivity contribution in [2.75, 3.05) is 38.1 Å². The van der Waals surface area contributed by atoms with E-state index in [0.717, 1.165) is 37.3 Å². The zero-order valence-electron chi connectivity index (χ0n) is 19.9. The average Bonchev–Trinajstić information content (AvgIpc) is 3.18. The Morgan fingerprint density at radius 3 is 2.73 bits per heavy atom. The van der Waals surface area contributed by atoms with Gasteiger partial charge < -0.3 is 20.2 Å². The van der Waals surface area contributed by atoms with Gasteiger partial charge >= 0.3 is 0 Å². The molecule has 2 aliphatic heterocycles. The number of halogens is 1. The molecule has 2 N–H and O–H groups in total. The van der Waals surface area contributed by atoms with Crippen LogP contribution in [0.15, 0.2) is 42.5 Å². The molecule has 0 bridgehead atoms. The summed E-state index contributed by atoms with van der Waals surface area (Å²) >= 11 is 0. The van der Waals surface area contributed by atoms with Crippen LogP contribution >= 0.6 is 0 Å². The van der Waals surface area contributed by atoms with E-state index in [2.05, 4.69) is 42.3 Å². The molecule has 0 aromatic heterocycles. The van der Waals surface area contributed by atoms with Crippen LogP contribution in [0.3, 0.4) is 0 Å².